The van der Waals surface area contributed by atoms with E-state index in [2.05, 4.69) is 5.10 Å². The van der Waals surface area contributed by atoms with E-state index in [1.165, 1.54) is 10.7 Å². The first-order valence-electron chi connectivity index (χ1n) is 5.19. The average Bonchev–Trinajstić information content (AvgIpc) is 2.57. The summed E-state index contributed by atoms with van der Waals surface area (Å²) < 4.78 is 7.07. The number of aromatic carboxylic acids is 1. The number of carboxylic acids is 1. The fourth-order valence-corrected chi connectivity index (χ4v) is 1.84. The smallest absolute Gasteiger partial charge is 0.341 e. The Morgan fingerprint density at radius 2 is 2.22 bits per heavy atom. The van der Waals surface area contributed by atoms with Gasteiger partial charge >= 0.3 is 5.97 Å². The fourth-order valence-electron chi connectivity index (χ4n) is 1.59. The lowest BCUT2D eigenvalue weighted by Crippen LogP contribution is -2.03. The van der Waals surface area contributed by atoms with Crippen LogP contribution in [0, 0.1) is 6.92 Å². The van der Waals surface area contributed by atoms with Gasteiger partial charge in [-0.25, -0.2) is 9.48 Å². The zero-order chi connectivity index (χ0) is 13.3. The van der Waals surface area contributed by atoms with E-state index in [1.807, 2.05) is 6.92 Å². The molecule has 94 valence electrons. The van der Waals surface area contributed by atoms with E-state index in [9.17, 15) is 4.79 Å². The third-order valence-corrected chi connectivity index (χ3v) is 2.68. The number of benzene rings is 1. The Morgan fingerprint density at radius 1 is 1.50 bits per heavy atom. The summed E-state index contributed by atoms with van der Waals surface area (Å²) in [5.74, 6) is -0.482. The van der Waals surface area contributed by atoms with Crippen molar-refractivity contribution >= 4 is 17.6 Å². The van der Waals surface area contributed by atoms with Gasteiger partial charge in [0.2, 0.25) is 5.88 Å². The summed E-state index contributed by atoms with van der Waals surface area (Å²) in [6.45, 7) is 1.82. The summed E-state index contributed by atoms with van der Waals surface area (Å²) in [5, 5.41) is 13.4. The van der Waals surface area contributed by atoms with Crippen LogP contribution in [-0.4, -0.2) is 20.9 Å². The SMILES string of the molecule is Cc1cc(Oc2cccc(Cl)c2C(=O)O)n(C)n1. The molecule has 0 aliphatic heterocycles. The monoisotopic (exact) mass is 266 g/mol. The van der Waals surface area contributed by atoms with Crippen LogP contribution >= 0.6 is 11.6 Å². The Bertz CT molecular complexity index is 607. The molecular formula is C12H11ClN2O3. The number of halogens is 1. The first kappa shape index (κ1) is 12.4. The van der Waals surface area contributed by atoms with Gasteiger partial charge in [0, 0.05) is 13.1 Å². The minimum atomic E-state index is -1.13. The average molecular weight is 267 g/mol. The van der Waals surface area contributed by atoms with Crippen LogP contribution in [0.5, 0.6) is 11.6 Å². The van der Waals surface area contributed by atoms with E-state index in [0.717, 1.165) is 5.69 Å². The minimum Gasteiger partial charge on any atom is -0.478 e. The topological polar surface area (TPSA) is 64.3 Å². The molecule has 0 aliphatic rings. The van der Waals surface area contributed by atoms with Crippen molar-refractivity contribution in [3.8, 4) is 11.6 Å². The molecule has 18 heavy (non-hydrogen) atoms. The van der Waals surface area contributed by atoms with Crippen LogP contribution in [0.4, 0.5) is 0 Å². The molecule has 1 heterocycles. The van der Waals surface area contributed by atoms with Crippen molar-refractivity contribution in [3.63, 3.8) is 0 Å². The zero-order valence-electron chi connectivity index (χ0n) is 9.85. The molecule has 0 amide bonds. The normalized spacial score (nSPS) is 10.4. The van der Waals surface area contributed by atoms with Gasteiger partial charge in [-0.1, -0.05) is 17.7 Å². The van der Waals surface area contributed by atoms with Crippen LogP contribution in [0.25, 0.3) is 0 Å². The Hall–Kier alpha value is -2.01. The third kappa shape index (κ3) is 2.31. The molecule has 0 atom stereocenters. The molecule has 2 rings (SSSR count). The van der Waals surface area contributed by atoms with Crippen molar-refractivity contribution in [3.05, 3.63) is 40.5 Å². The van der Waals surface area contributed by atoms with Crippen molar-refractivity contribution in [2.45, 2.75) is 6.92 Å². The molecule has 1 aromatic carbocycles. The molecule has 0 saturated carbocycles. The van der Waals surface area contributed by atoms with Crippen molar-refractivity contribution < 1.29 is 14.6 Å². The van der Waals surface area contributed by atoms with E-state index >= 15 is 0 Å². The molecule has 0 saturated heterocycles. The molecule has 0 unspecified atom stereocenters. The standard InChI is InChI=1S/C12H11ClN2O3/c1-7-6-10(15(2)14-7)18-9-5-3-4-8(13)11(9)12(16)17/h3-6H,1-2H3,(H,16,17). The molecule has 1 N–H and O–H groups in total. The minimum absolute atomic E-state index is 0.0574. The lowest BCUT2D eigenvalue weighted by atomic mass is 10.2. The lowest BCUT2D eigenvalue weighted by Gasteiger charge is -2.09. The second kappa shape index (κ2) is 4.70. The highest BCUT2D eigenvalue weighted by molar-refractivity contribution is 6.33. The first-order valence-corrected chi connectivity index (χ1v) is 5.57. The fraction of sp³-hybridized carbons (Fsp3) is 0.167. The Labute approximate surface area is 109 Å². The van der Waals surface area contributed by atoms with Gasteiger partial charge in [0.15, 0.2) is 0 Å². The van der Waals surface area contributed by atoms with Gasteiger partial charge in [-0.2, -0.15) is 5.10 Å². The van der Waals surface area contributed by atoms with Crippen molar-refractivity contribution in [2.75, 3.05) is 0 Å². The Kier molecular flexibility index (Phi) is 3.25. The quantitative estimate of drug-likeness (QED) is 0.928. The summed E-state index contributed by atoms with van der Waals surface area (Å²) in [6, 6.07) is 6.41. The molecule has 1 aromatic heterocycles. The van der Waals surface area contributed by atoms with Gasteiger partial charge in [0.05, 0.1) is 10.7 Å². The van der Waals surface area contributed by atoms with Crippen molar-refractivity contribution in [2.24, 2.45) is 7.05 Å². The number of aromatic nitrogens is 2. The molecule has 0 fully saturated rings. The lowest BCUT2D eigenvalue weighted by molar-refractivity contribution is 0.0694. The highest BCUT2D eigenvalue weighted by Crippen LogP contribution is 2.30. The Morgan fingerprint density at radius 3 is 2.78 bits per heavy atom. The molecule has 0 aliphatic carbocycles. The van der Waals surface area contributed by atoms with Gasteiger partial charge in [-0.15, -0.1) is 0 Å². The number of ether oxygens (including phenoxy) is 1. The first-order chi connectivity index (χ1) is 8.49. The Balaban J connectivity index is 2.43. The van der Waals surface area contributed by atoms with Gasteiger partial charge in [0.1, 0.15) is 11.3 Å². The summed E-state index contributed by atoms with van der Waals surface area (Å²) in [7, 11) is 1.72. The molecule has 0 radical (unpaired) electrons. The zero-order valence-corrected chi connectivity index (χ0v) is 10.6. The predicted molar refractivity (Wildman–Crippen MR) is 66.4 cm³/mol. The highest BCUT2D eigenvalue weighted by Gasteiger charge is 2.17. The van der Waals surface area contributed by atoms with E-state index in [-0.39, 0.29) is 16.3 Å². The van der Waals surface area contributed by atoms with E-state index in [0.29, 0.717) is 5.88 Å². The van der Waals surface area contributed by atoms with E-state index in [1.54, 1.807) is 25.2 Å². The van der Waals surface area contributed by atoms with Gasteiger partial charge in [-0.05, 0) is 19.1 Å². The summed E-state index contributed by atoms with van der Waals surface area (Å²) in [6.07, 6.45) is 0. The van der Waals surface area contributed by atoms with Crippen LogP contribution < -0.4 is 4.74 Å². The number of aryl methyl sites for hydroxylation is 2. The van der Waals surface area contributed by atoms with Gasteiger partial charge < -0.3 is 9.84 Å². The number of rotatable bonds is 3. The third-order valence-electron chi connectivity index (χ3n) is 2.36. The summed E-state index contributed by atoms with van der Waals surface area (Å²) in [4.78, 5) is 11.1. The highest BCUT2D eigenvalue weighted by atomic mass is 35.5. The molecule has 0 spiro atoms. The maximum absolute atomic E-state index is 11.1. The second-order valence-electron chi connectivity index (χ2n) is 3.77. The molecule has 2 aromatic rings. The summed E-state index contributed by atoms with van der Waals surface area (Å²) in [5.41, 5.74) is 0.726. The van der Waals surface area contributed by atoms with Crippen molar-refractivity contribution in [1.29, 1.82) is 0 Å². The van der Waals surface area contributed by atoms with Gasteiger partial charge in [-0.3, -0.25) is 0 Å². The number of hydrogen-bond acceptors (Lipinski definition) is 3. The van der Waals surface area contributed by atoms with Crippen molar-refractivity contribution in [1.82, 2.24) is 9.78 Å². The van der Waals surface area contributed by atoms with Crippen LogP contribution in [0.1, 0.15) is 16.1 Å². The predicted octanol–water partition coefficient (Wildman–Crippen LogP) is 2.87. The van der Waals surface area contributed by atoms with E-state index < -0.39 is 5.97 Å². The largest absolute Gasteiger partial charge is 0.478 e. The molecular weight excluding hydrogens is 256 g/mol. The maximum atomic E-state index is 11.1. The molecule has 6 heteroatoms. The van der Waals surface area contributed by atoms with Crippen LogP contribution in [0.3, 0.4) is 0 Å². The molecule has 5 nitrogen and oxygen atoms in total. The number of nitrogens with zero attached hydrogens (tertiary/aromatic N) is 2. The van der Waals surface area contributed by atoms with Crippen LogP contribution in [-0.2, 0) is 7.05 Å². The second-order valence-corrected chi connectivity index (χ2v) is 4.17. The molecule has 0 bridgehead atoms. The number of carbonyl (C=O) groups is 1. The van der Waals surface area contributed by atoms with Crippen LogP contribution in [0.2, 0.25) is 5.02 Å². The number of hydrogen-bond donors (Lipinski definition) is 1. The maximum Gasteiger partial charge on any atom is 0.341 e. The summed E-state index contributed by atoms with van der Waals surface area (Å²) >= 11 is 5.85. The van der Waals surface area contributed by atoms with E-state index in [4.69, 9.17) is 21.4 Å². The number of carboxylic acid groups (broad SMARTS) is 1. The van der Waals surface area contributed by atoms with Gasteiger partial charge in [0.25, 0.3) is 0 Å². The van der Waals surface area contributed by atoms with Crippen LogP contribution in [0.15, 0.2) is 24.3 Å².